The average Bonchev–Trinajstić information content (AvgIpc) is 3.21. The molecule has 0 bridgehead atoms. The molecule has 0 aliphatic carbocycles. The van der Waals surface area contributed by atoms with Gasteiger partial charge in [0.25, 0.3) is 0 Å². The molecule has 3 aromatic carbocycles. The van der Waals surface area contributed by atoms with E-state index in [4.69, 9.17) is 19.0 Å². The molecular weight excluding hydrogens is 521 g/mol. The Morgan fingerprint density at radius 2 is 1.88 bits per heavy atom. The van der Waals surface area contributed by atoms with Gasteiger partial charge < -0.3 is 24.3 Å². The summed E-state index contributed by atoms with van der Waals surface area (Å²) in [6.45, 7) is 0.901. The Balaban J connectivity index is 1.46. The van der Waals surface area contributed by atoms with Gasteiger partial charge in [0.1, 0.15) is 29.4 Å². The third-order valence-corrected chi connectivity index (χ3v) is 5.75. The Labute approximate surface area is 199 Å². The van der Waals surface area contributed by atoms with Crippen LogP contribution in [0.1, 0.15) is 16.9 Å². The van der Waals surface area contributed by atoms with Crippen LogP contribution in [-0.4, -0.2) is 18.2 Å². The third-order valence-electron chi connectivity index (χ3n) is 4.95. The minimum atomic E-state index is -0.883. The monoisotopic (exact) mass is 543 g/mol. The fourth-order valence-electron chi connectivity index (χ4n) is 3.41. The number of nitrogens with one attached hydrogen (secondary N) is 1. The molecule has 0 aliphatic heterocycles. The summed E-state index contributed by atoms with van der Waals surface area (Å²) in [5, 5.41) is 13.4. The summed E-state index contributed by atoms with van der Waals surface area (Å²) >= 11 is 2.26. The lowest BCUT2D eigenvalue weighted by Crippen LogP contribution is -2.04. The van der Waals surface area contributed by atoms with E-state index >= 15 is 0 Å². The van der Waals surface area contributed by atoms with Crippen LogP contribution in [0.15, 0.2) is 71.1 Å². The zero-order chi connectivity index (χ0) is 22.5. The quantitative estimate of drug-likeness (QED) is 0.258. The van der Waals surface area contributed by atoms with E-state index in [-0.39, 0.29) is 6.42 Å². The van der Waals surface area contributed by atoms with Crippen molar-refractivity contribution in [2.45, 2.75) is 19.6 Å². The maximum Gasteiger partial charge on any atom is 0.307 e. The zero-order valence-electron chi connectivity index (χ0n) is 17.4. The van der Waals surface area contributed by atoms with Crippen LogP contribution < -0.4 is 14.8 Å². The SMILES string of the molecule is COc1ccc(NCc2cc3cc(COc4ccccc4CC(=O)O)cc(I)c3o2)cc1. The first-order chi connectivity index (χ1) is 15.5. The molecule has 32 heavy (non-hydrogen) atoms. The van der Waals surface area contributed by atoms with Gasteiger partial charge in [0.05, 0.1) is 23.6 Å². The molecule has 0 spiro atoms. The van der Waals surface area contributed by atoms with Gasteiger partial charge in [-0.15, -0.1) is 0 Å². The number of aliphatic carboxylic acids is 1. The number of hydrogen-bond donors (Lipinski definition) is 2. The van der Waals surface area contributed by atoms with Gasteiger partial charge in [0.2, 0.25) is 0 Å². The first-order valence-electron chi connectivity index (χ1n) is 10.0. The molecule has 0 amide bonds. The highest BCUT2D eigenvalue weighted by atomic mass is 127. The van der Waals surface area contributed by atoms with E-state index in [1.54, 1.807) is 19.2 Å². The molecule has 4 aromatic rings. The fourth-order valence-corrected chi connectivity index (χ4v) is 4.23. The van der Waals surface area contributed by atoms with Crippen LogP contribution in [0.3, 0.4) is 0 Å². The van der Waals surface area contributed by atoms with Crippen LogP contribution in [-0.2, 0) is 24.4 Å². The number of anilines is 1. The Morgan fingerprint density at radius 3 is 2.62 bits per heavy atom. The summed E-state index contributed by atoms with van der Waals surface area (Å²) in [6, 6.07) is 21.0. The van der Waals surface area contributed by atoms with Gasteiger partial charge in [-0.05, 0) is 76.7 Å². The van der Waals surface area contributed by atoms with Crippen LogP contribution in [0.25, 0.3) is 11.0 Å². The fraction of sp³-hybridized carbons (Fsp3) is 0.160. The molecule has 0 radical (unpaired) electrons. The highest BCUT2D eigenvalue weighted by Crippen LogP contribution is 2.28. The van der Waals surface area contributed by atoms with Crippen molar-refractivity contribution in [3.63, 3.8) is 0 Å². The number of hydrogen-bond acceptors (Lipinski definition) is 5. The van der Waals surface area contributed by atoms with E-state index < -0.39 is 5.97 Å². The van der Waals surface area contributed by atoms with Crippen molar-refractivity contribution in [3.8, 4) is 11.5 Å². The minimum Gasteiger partial charge on any atom is -0.497 e. The first kappa shape index (κ1) is 22.0. The molecule has 0 saturated carbocycles. The average molecular weight is 543 g/mol. The van der Waals surface area contributed by atoms with Crippen molar-refractivity contribution in [2.24, 2.45) is 0 Å². The van der Waals surface area contributed by atoms with Gasteiger partial charge in [-0.1, -0.05) is 18.2 Å². The van der Waals surface area contributed by atoms with Crippen molar-refractivity contribution in [3.05, 3.63) is 87.2 Å². The Kier molecular flexibility index (Phi) is 6.84. The summed E-state index contributed by atoms with van der Waals surface area (Å²) in [6.07, 6.45) is -0.0704. The maximum atomic E-state index is 11.1. The number of furan rings is 1. The lowest BCUT2D eigenvalue weighted by molar-refractivity contribution is -0.136. The molecule has 2 N–H and O–H groups in total. The molecule has 0 saturated heterocycles. The molecule has 6 nitrogen and oxygen atoms in total. The van der Waals surface area contributed by atoms with Crippen molar-refractivity contribution >= 4 is 45.2 Å². The molecule has 4 rings (SSSR count). The zero-order valence-corrected chi connectivity index (χ0v) is 19.6. The van der Waals surface area contributed by atoms with E-state index in [0.29, 0.717) is 24.5 Å². The number of fused-ring (bicyclic) bond motifs is 1. The minimum absolute atomic E-state index is 0.0704. The Hall–Kier alpha value is -3.20. The maximum absolute atomic E-state index is 11.1. The van der Waals surface area contributed by atoms with Crippen LogP contribution >= 0.6 is 22.6 Å². The predicted molar refractivity (Wildman–Crippen MR) is 131 cm³/mol. The number of benzene rings is 3. The number of halogens is 1. The van der Waals surface area contributed by atoms with Crippen molar-refractivity contribution < 1.29 is 23.8 Å². The smallest absolute Gasteiger partial charge is 0.307 e. The largest absolute Gasteiger partial charge is 0.497 e. The van der Waals surface area contributed by atoms with E-state index in [1.165, 1.54) is 0 Å². The van der Waals surface area contributed by atoms with Crippen molar-refractivity contribution in [1.29, 1.82) is 0 Å². The standard InChI is InChI=1S/C25H22INO5/c1-30-20-8-6-19(7-9-20)27-14-21-12-18-10-16(11-22(26)25(18)32-21)15-31-23-5-3-2-4-17(23)13-24(28)29/h2-12,27H,13-15H2,1H3,(H,28,29). The van der Waals surface area contributed by atoms with Gasteiger partial charge in [-0.2, -0.15) is 0 Å². The van der Waals surface area contributed by atoms with Gasteiger partial charge in [-0.3, -0.25) is 4.79 Å². The topological polar surface area (TPSA) is 80.9 Å². The van der Waals surface area contributed by atoms with Crippen LogP contribution in [0.4, 0.5) is 5.69 Å². The molecule has 0 atom stereocenters. The molecule has 1 aromatic heterocycles. The number of ether oxygens (including phenoxy) is 2. The van der Waals surface area contributed by atoms with Gasteiger partial charge in [0, 0.05) is 16.6 Å². The number of carboxylic acids is 1. The number of para-hydroxylation sites is 1. The van der Waals surface area contributed by atoms with Gasteiger partial charge in [0.15, 0.2) is 0 Å². The van der Waals surface area contributed by atoms with E-state index in [0.717, 1.165) is 37.3 Å². The normalized spacial score (nSPS) is 10.8. The molecular formula is C25H22INO5. The second kappa shape index (κ2) is 9.95. The number of rotatable bonds is 9. The van der Waals surface area contributed by atoms with Crippen LogP contribution in [0, 0.1) is 3.57 Å². The van der Waals surface area contributed by atoms with Crippen LogP contribution in [0.5, 0.6) is 11.5 Å². The van der Waals surface area contributed by atoms with Gasteiger partial charge >= 0.3 is 5.97 Å². The number of carboxylic acid groups (broad SMARTS) is 1. The second-order valence-corrected chi connectivity index (χ2v) is 8.42. The summed E-state index contributed by atoms with van der Waals surface area (Å²) < 4.78 is 18.2. The van der Waals surface area contributed by atoms with Gasteiger partial charge in [-0.25, -0.2) is 0 Å². The summed E-state index contributed by atoms with van der Waals surface area (Å²) in [4.78, 5) is 11.1. The highest BCUT2D eigenvalue weighted by Gasteiger charge is 2.11. The van der Waals surface area contributed by atoms with Crippen molar-refractivity contribution in [2.75, 3.05) is 12.4 Å². The third kappa shape index (κ3) is 5.34. The molecule has 7 heteroatoms. The molecule has 1 heterocycles. The van der Waals surface area contributed by atoms with E-state index in [9.17, 15) is 4.79 Å². The molecule has 164 valence electrons. The first-order valence-corrected chi connectivity index (χ1v) is 11.1. The molecule has 0 fully saturated rings. The number of methoxy groups -OCH3 is 1. The van der Waals surface area contributed by atoms with E-state index in [2.05, 4.69) is 27.9 Å². The Morgan fingerprint density at radius 1 is 1.09 bits per heavy atom. The van der Waals surface area contributed by atoms with Crippen LogP contribution in [0.2, 0.25) is 0 Å². The summed E-state index contributed by atoms with van der Waals surface area (Å²) in [5.41, 5.74) is 3.47. The summed E-state index contributed by atoms with van der Waals surface area (Å²) in [5.74, 6) is 1.35. The van der Waals surface area contributed by atoms with E-state index in [1.807, 2.05) is 54.6 Å². The molecule has 0 aliphatic rings. The molecule has 0 unspecified atom stereocenters. The van der Waals surface area contributed by atoms with Crippen molar-refractivity contribution in [1.82, 2.24) is 0 Å². The lowest BCUT2D eigenvalue weighted by Gasteiger charge is -2.10. The lowest BCUT2D eigenvalue weighted by atomic mass is 10.1. The number of carbonyl (C=O) groups is 1. The predicted octanol–water partition coefficient (Wildman–Crippen LogP) is 5.86. The highest BCUT2D eigenvalue weighted by molar-refractivity contribution is 14.1. The summed E-state index contributed by atoms with van der Waals surface area (Å²) in [7, 11) is 1.65. The second-order valence-electron chi connectivity index (χ2n) is 7.26. The Bertz CT molecular complexity index is 1230.